The van der Waals surface area contributed by atoms with Crippen molar-refractivity contribution in [2.24, 2.45) is 0 Å². The maximum Gasteiger partial charge on any atom is 0.308 e. The third kappa shape index (κ3) is 4.30. The van der Waals surface area contributed by atoms with Gasteiger partial charge in [-0.05, 0) is 36.4 Å². The third-order valence-electron chi connectivity index (χ3n) is 3.76. The Labute approximate surface area is 150 Å². The van der Waals surface area contributed by atoms with Crippen LogP contribution in [0.3, 0.4) is 0 Å². The van der Waals surface area contributed by atoms with Crippen molar-refractivity contribution in [3.8, 4) is 11.5 Å². The fourth-order valence-electron chi connectivity index (χ4n) is 2.64. The number of hydrogen-bond acceptors (Lipinski definition) is 6. The van der Waals surface area contributed by atoms with Crippen LogP contribution in [0.25, 0.3) is 0 Å². The van der Waals surface area contributed by atoms with Crippen molar-refractivity contribution >= 4 is 29.1 Å². The third-order valence-corrected chi connectivity index (χ3v) is 4.97. The Balaban J connectivity index is 1.56. The van der Waals surface area contributed by atoms with Crippen LogP contribution >= 0.6 is 11.8 Å². The van der Waals surface area contributed by atoms with Crippen LogP contribution in [0.5, 0.6) is 11.5 Å². The first-order valence-electron chi connectivity index (χ1n) is 7.88. The highest BCUT2D eigenvalue weighted by Crippen LogP contribution is 2.41. The Bertz CT molecular complexity index is 711. The fraction of sp³-hybridized carbons (Fsp3) is 0.278. The van der Waals surface area contributed by atoms with E-state index in [2.05, 4.69) is 10.6 Å². The molecule has 6 nitrogen and oxygen atoms in total. The second kappa shape index (κ2) is 7.57. The Kier molecular flexibility index (Phi) is 5.23. The summed E-state index contributed by atoms with van der Waals surface area (Å²) in [7, 11) is 1.62. The summed E-state index contributed by atoms with van der Waals surface area (Å²) in [4.78, 5) is 10.5. The van der Waals surface area contributed by atoms with Crippen LogP contribution in [0.1, 0.15) is 6.42 Å². The molecule has 0 saturated carbocycles. The molecule has 0 unspecified atom stereocenters. The molecular formula is C18H20N2O4S. The monoisotopic (exact) mass is 360 g/mol. The van der Waals surface area contributed by atoms with Gasteiger partial charge in [0.2, 0.25) is 0 Å². The molecule has 0 aromatic heterocycles. The maximum atomic E-state index is 11.3. The van der Waals surface area contributed by atoms with E-state index in [0.717, 1.165) is 22.9 Å². The molecular weight excluding hydrogens is 340 g/mol. The van der Waals surface area contributed by atoms with E-state index >= 15 is 0 Å². The first-order chi connectivity index (χ1) is 12.1. The zero-order valence-electron chi connectivity index (χ0n) is 13.8. The molecule has 7 heteroatoms. The summed E-state index contributed by atoms with van der Waals surface area (Å²) in [5, 5.41) is 15.8. The van der Waals surface area contributed by atoms with E-state index in [1.807, 2.05) is 48.5 Å². The molecule has 0 atom stereocenters. The minimum atomic E-state index is -0.864. The molecule has 2 aromatic rings. The van der Waals surface area contributed by atoms with Crippen LogP contribution < -0.4 is 20.1 Å². The van der Waals surface area contributed by atoms with Crippen LogP contribution in [0.15, 0.2) is 48.5 Å². The Hall–Kier alpha value is -2.54. The maximum absolute atomic E-state index is 11.3. The van der Waals surface area contributed by atoms with Crippen LogP contribution in [-0.2, 0) is 4.79 Å². The van der Waals surface area contributed by atoms with Gasteiger partial charge in [0.05, 0.1) is 31.5 Å². The van der Waals surface area contributed by atoms with Gasteiger partial charge >= 0.3 is 5.97 Å². The number of methoxy groups -OCH3 is 1. The first kappa shape index (κ1) is 17.3. The van der Waals surface area contributed by atoms with Crippen LogP contribution in [0.4, 0.5) is 11.4 Å². The highest BCUT2D eigenvalue weighted by Gasteiger charge is 2.38. The number of rotatable bonds is 8. The van der Waals surface area contributed by atoms with Gasteiger partial charge in [0.15, 0.2) is 4.99 Å². The molecule has 0 bridgehead atoms. The Morgan fingerprint density at radius 1 is 1.08 bits per heavy atom. The van der Waals surface area contributed by atoms with Crippen molar-refractivity contribution in [1.29, 1.82) is 0 Å². The minimum Gasteiger partial charge on any atom is -0.497 e. The molecule has 0 saturated heterocycles. The molecule has 3 rings (SSSR count). The lowest BCUT2D eigenvalue weighted by atomic mass is 10.3. The quantitative estimate of drug-likeness (QED) is 0.622. The lowest BCUT2D eigenvalue weighted by Crippen LogP contribution is -2.41. The summed E-state index contributed by atoms with van der Waals surface area (Å²) in [6.45, 7) is 0.470. The zero-order valence-corrected chi connectivity index (χ0v) is 14.6. The fourth-order valence-corrected chi connectivity index (χ4v) is 3.74. The SMILES string of the molecule is COc1ccc(OCCSC2(CC(=O)O)Nc3ccccc3N2)cc1. The number of para-hydroxylation sites is 2. The lowest BCUT2D eigenvalue weighted by molar-refractivity contribution is -0.137. The van der Waals surface area contributed by atoms with Crippen molar-refractivity contribution in [3.63, 3.8) is 0 Å². The summed E-state index contributed by atoms with van der Waals surface area (Å²) >= 11 is 1.49. The topological polar surface area (TPSA) is 79.8 Å². The molecule has 2 aromatic carbocycles. The number of thioether (sulfide) groups is 1. The van der Waals surface area contributed by atoms with E-state index in [0.29, 0.717) is 12.4 Å². The second-order valence-corrected chi connectivity index (χ2v) is 6.96. The first-order valence-corrected chi connectivity index (χ1v) is 8.87. The van der Waals surface area contributed by atoms with E-state index in [9.17, 15) is 9.90 Å². The summed E-state index contributed by atoms with van der Waals surface area (Å²) < 4.78 is 10.8. The van der Waals surface area contributed by atoms with Gasteiger partial charge in [-0.2, -0.15) is 0 Å². The largest absolute Gasteiger partial charge is 0.497 e. The van der Waals surface area contributed by atoms with E-state index < -0.39 is 11.0 Å². The number of carbonyl (C=O) groups is 1. The second-order valence-electron chi connectivity index (χ2n) is 5.57. The molecule has 25 heavy (non-hydrogen) atoms. The van der Waals surface area contributed by atoms with Crippen molar-refractivity contribution in [3.05, 3.63) is 48.5 Å². The normalized spacial score (nSPS) is 14.1. The van der Waals surface area contributed by atoms with Crippen molar-refractivity contribution in [1.82, 2.24) is 0 Å². The van der Waals surface area contributed by atoms with Gasteiger partial charge in [0.1, 0.15) is 11.5 Å². The van der Waals surface area contributed by atoms with Gasteiger partial charge < -0.3 is 25.2 Å². The van der Waals surface area contributed by atoms with Crippen molar-refractivity contribution in [2.75, 3.05) is 30.1 Å². The van der Waals surface area contributed by atoms with Gasteiger partial charge in [-0.15, -0.1) is 11.8 Å². The van der Waals surface area contributed by atoms with Crippen molar-refractivity contribution in [2.45, 2.75) is 11.4 Å². The lowest BCUT2D eigenvalue weighted by Gasteiger charge is -2.28. The number of anilines is 2. The molecule has 0 amide bonds. The predicted octanol–water partition coefficient (Wildman–Crippen LogP) is 3.47. The summed E-state index contributed by atoms with van der Waals surface area (Å²) in [5.74, 6) is 1.30. The number of fused-ring (bicyclic) bond motifs is 1. The Morgan fingerprint density at radius 3 is 2.24 bits per heavy atom. The summed E-state index contributed by atoms with van der Waals surface area (Å²) in [6.07, 6.45) is -0.0467. The summed E-state index contributed by atoms with van der Waals surface area (Å²) in [6, 6.07) is 15.1. The summed E-state index contributed by atoms with van der Waals surface area (Å²) in [5.41, 5.74) is 1.82. The molecule has 1 heterocycles. The molecule has 0 fully saturated rings. The number of hydrogen-bond donors (Lipinski definition) is 3. The molecule has 132 valence electrons. The average Bonchev–Trinajstić information content (AvgIpc) is 2.96. The number of carboxylic acids is 1. The van der Waals surface area contributed by atoms with Gasteiger partial charge in [0.25, 0.3) is 0 Å². The van der Waals surface area contributed by atoms with Gasteiger partial charge in [-0.3, -0.25) is 4.79 Å². The van der Waals surface area contributed by atoms with Gasteiger partial charge in [0, 0.05) is 5.75 Å². The molecule has 0 radical (unpaired) electrons. The number of carboxylic acid groups (broad SMARTS) is 1. The van der Waals surface area contributed by atoms with Crippen LogP contribution in [0, 0.1) is 0 Å². The van der Waals surface area contributed by atoms with E-state index in [1.165, 1.54) is 11.8 Å². The number of ether oxygens (including phenoxy) is 2. The number of aliphatic carboxylic acids is 1. The smallest absolute Gasteiger partial charge is 0.308 e. The average molecular weight is 360 g/mol. The van der Waals surface area contributed by atoms with Gasteiger partial charge in [-0.25, -0.2) is 0 Å². The predicted molar refractivity (Wildman–Crippen MR) is 99.6 cm³/mol. The van der Waals surface area contributed by atoms with Crippen molar-refractivity contribution < 1.29 is 19.4 Å². The minimum absolute atomic E-state index is 0.0467. The highest BCUT2D eigenvalue weighted by molar-refractivity contribution is 8.00. The number of benzene rings is 2. The molecule has 0 aliphatic carbocycles. The molecule has 1 aliphatic heterocycles. The Morgan fingerprint density at radius 2 is 1.68 bits per heavy atom. The van der Waals surface area contributed by atoms with Crippen LogP contribution in [-0.4, -0.2) is 35.5 Å². The molecule has 3 N–H and O–H groups in total. The van der Waals surface area contributed by atoms with Crippen LogP contribution in [0.2, 0.25) is 0 Å². The zero-order chi connectivity index (χ0) is 17.7. The molecule has 0 spiro atoms. The van der Waals surface area contributed by atoms with E-state index in [4.69, 9.17) is 9.47 Å². The van der Waals surface area contributed by atoms with E-state index in [1.54, 1.807) is 7.11 Å². The molecule has 1 aliphatic rings. The highest BCUT2D eigenvalue weighted by atomic mass is 32.2. The number of nitrogens with one attached hydrogen (secondary N) is 2. The van der Waals surface area contributed by atoms with E-state index in [-0.39, 0.29) is 6.42 Å². The van der Waals surface area contributed by atoms with Gasteiger partial charge in [-0.1, -0.05) is 12.1 Å². The standard InChI is InChI=1S/C18H20N2O4S/c1-23-13-6-8-14(9-7-13)24-10-11-25-18(12-17(21)22)19-15-4-2-3-5-16(15)20-18/h2-9,19-20H,10-12H2,1H3,(H,21,22).